The predicted octanol–water partition coefficient (Wildman–Crippen LogP) is 1.10. The molecule has 4 rings (SSSR count). The van der Waals surface area contributed by atoms with Crippen molar-refractivity contribution in [1.29, 1.82) is 0 Å². The van der Waals surface area contributed by atoms with Crippen molar-refractivity contribution in [2.24, 2.45) is 5.41 Å². The number of nitrogens with one attached hydrogen (secondary N) is 1. The Morgan fingerprint density at radius 1 is 1.21 bits per heavy atom. The molecule has 156 valence electrons. The molecule has 3 amide bonds. The molecular formula is C21H26FN3O4. The summed E-state index contributed by atoms with van der Waals surface area (Å²) < 4.78 is 19.3. The number of likely N-dealkylation sites (tertiary alicyclic amines) is 1. The van der Waals surface area contributed by atoms with E-state index in [1.54, 1.807) is 28.9 Å². The fraction of sp³-hybridized carbons (Fsp3) is 0.571. The van der Waals surface area contributed by atoms with Gasteiger partial charge in [0.25, 0.3) is 5.91 Å². The third-order valence-electron chi connectivity index (χ3n) is 6.39. The maximum absolute atomic E-state index is 14.0. The van der Waals surface area contributed by atoms with Gasteiger partial charge in [0.2, 0.25) is 11.8 Å². The summed E-state index contributed by atoms with van der Waals surface area (Å²) in [7, 11) is 0. The zero-order chi connectivity index (χ0) is 20.6. The van der Waals surface area contributed by atoms with Crippen molar-refractivity contribution in [3.05, 3.63) is 35.1 Å². The van der Waals surface area contributed by atoms with Crippen molar-refractivity contribution in [1.82, 2.24) is 15.1 Å². The summed E-state index contributed by atoms with van der Waals surface area (Å²) in [5.74, 6) is -0.789. The van der Waals surface area contributed by atoms with Crippen molar-refractivity contribution in [3.63, 3.8) is 0 Å². The fourth-order valence-electron chi connectivity index (χ4n) is 4.64. The second kappa shape index (κ2) is 7.74. The molecule has 0 aliphatic carbocycles. The third kappa shape index (κ3) is 3.61. The number of morpholine rings is 1. The average Bonchev–Trinajstić information content (AvgIpc) is 2.75. The lowest BCUT2D eigenvalue weighted by Crippen LogP contribution is -2.67. The van der Waals surface area contributed by atoms with Gasteiger partial charge >= 0.3 is 0 Å². The lowest BCUT2D eigenvalue weighted by molar-refractivity contribution is -0.155. The number of ether oxygens (including phenoxy) is 1. The molecule has 0 radical (unpaired) electrons. The molecule has 3 heterocycles. The second-order valence-corrected chi connectivity index (χ2v) is 8.16. The number of hydrogen-bond acceptors (Lipinski definition) is 4. The standard InChI is InChI=1S/C21H26FN3O4/c1-14-2-3-15(12-16(14)22)19(27)25-7-5-17-21(13-25,6-4-18(26)23-17)20(28)24-8-10-29-11-9-24/h2-3,12,17H,4-11,13H2,1H3,(H,23,26)/t17-,21+/m1/s1. The third-order valence-corrected chi connectivity index (χ3v) is 6.39. The molecule has 3 aliphatic heterocycles. The van der Waals surface area contributed by atoms with Crippen LogP contribution in [0.25, 0.3) is 0 Å². The first kappa shape index (κ1) is 19.8. The van der Waals surface area contributed by atoms with E-state index in [4.69, 9.17) is 4.74 Å². The van der Waals surface area contributed by atoms with Gasteiger partial charge in [-0.1, -0.05) is 6.07 Å². The smallest absolute Gasteiger partial charge is 0.253 e. The summed E-state index contributed by atoms with van der Waals surface area (Å²) in [5, 5.41) is 2.98. The molecule has 0 bridgehead atoms. The molecular weight excluding hydrogens is 377 g/mol. The first-order chi connectivity index (χ1) is 13.9. The van der Waals surface area contributed by atoms with E-state index in [0.717, 1.165) is 0 Å². The minimum Gasteiger partial charge on any atom is -0.378 e. The lowest BCUT2D eigenvalue weighted by Gasteiger charge is -2.51. The molecule has 1 aromatic rings. The molecule has 3 saturated heterocycles. The van der Waals surface area contributed by atoms with Crippen molar-refractivity contribution >= 4 is 17.7 Å². The number of benzene rings is 1. The van der Waals surface area contributed by atoms with Crippen LogP contribution in [-0.2, 0) is 14.3 Å². The number of aryl methyl sites for hydroxylation is 1. The highest BCUT2D eigenvalue weighted by Gasteiger charge is 2.54. The van der Waals surface area contributed by atoms with E-state index in [1.807, 2.05) is 0 Å². The summed E-state index contributed by atoms with van der Waals surface area (Å²) in [4.78, 5) is 42.0. The van der Waals surface area contributed by atoms with Gasteiger partial charge in [0.15, 0.2) is 0 Å². The number of carbonyl (C=O) groups is 3. The van der Waals surface area contributed by atoms with E-state index >= 15 is 0 Å². The monoisotopic (exact) mass is 403 g/mol. The van der Waals surface area contributed by atoms with Crippen LogP contribution in [0.2, 0.25) is 0 Å². The Labute approximate surface area is 169 Å². The molecule has 0 saturated carbocycles. The Balaban J connectivity index is 1.61. The van der Waals surface area contributed by atoms with Crippen LogP contribution in [-0.4, -0.2) is 73.0 Å². The van der Waals surface area contributed by atoms with E-state index < -0.39 is 11.2 Å². The first-order valence-electron chi connectivity index (χ1n) is 10.1. The van der Waals surface area contributed by atoms with Crippen LogP contribution in [0.4, 0.5) is 4.39 Å². The lowest BCUT2D eigenvalue weighted by atomic mass is 9.68. The number of carbonyl (C=O) groups excluding carboxylic acids is 3. The normalized spacial score (nSPS) is 27.2. The van der Waals surface area contributed by atoms with Crippen molar-refractivity contribution < 1.29 is 23.5 Å². The minimum atomic E-state index is -0.845. The van der Waals surface area contributed by atoms with Crippen LogP contribution in [0.3, 0.4) is 0 Å². The Hall–Kier alpha value is -2.48. The number of amides is 3. The summed E-state index contributed by atoms with van der Waals surface area (Å²) in [6.45, 7) is 4.29. The van der Waals surface area contributed by atoms with Crippen LogP contribution in [0.1, 0.15) is 35.2 Å². The van der Waals surface area contributed by atoms with Crippen LogP contribution >= 0.6 is 0 Å². The average molecular weight is 403 g/mol. The number of rotatable bonds is 2. The summed E-state index contributed by atoms with van der Waals surface area (Å²) in [6, 6.07) is 4.16. The molecule has 3 fully saturated rings. The fourth-order valence-corrected chi connectivity index (χ4v) is 4.64. The number of piperidine rings is 2. The molecule has 0 aromatic heterocycles. The summed E-state index contributed by atoms with van der Waals surface area (Å²) in [6.07, 6.45) is 1.17. The van der Waals surface area contributed by atoms with E-state index in [2.05, 4.69) is 5.32 Å². The van der Waals surface area contributed by atoms with Crippen LogP contribution in [0.15, 0.2) is 18.2 Å². The molecule has 0 spiro atoms. The Morgan fingerprint density at radius 2 is 1.97 bits per heavy atom. The minimum absolute atomic E-state index is 0.0293. The number of nitrogens with zero attached hydrogens (tertiary/aromatic N) is 2. The molecule has 8 heteroatoms. The summed E-state index contributed by atoms with van der Waals surface area (Å²) >= 11 is 0. The Kier molecular flexibility index (Phi) is 5.29. The molecule has 2 atom stereocenters. The zero-order valence-electron chi connectivity index (χ0n) is 16.6. The highest BCUT2D eigenvalue weighted by atomic mass is 19.1. The zero-order valence-corrected chi connectivity index (χ0v) is 16.6. The molecule has 1 aromatic carbocycles. The largest absolute Gasteiger partial charge is 0.378 e. The quantitative estimate of drug-likeness (QED) is 0.802. The van der Waals surface area contributed by atoms with Crippen molar-refractivity contribution in [2.75, 3.05) is 39.4 Å². The van der Waals surface area contributed by atoms with Crippen LogP contribution in [0, 0.1) is 18.2 Å². The van der Waals surface area contributed by atoms with Gasteiger partial charge < -0.3 is 19.9 Å². The summed E-state index contributed by atoms with van der Waals surface area (Å²) in [5.41, 5.74) is -0.0860. The molecule has 0 unspecified atom stereocenters. The number of hydrogen-bond donors (Lipinski definition) is 1. The van der Waals surface area contributed by atoms with Gasteiger partial charge in [-0.05, 0) is 37.5 Å². The Morgan fingerprint density at radius 3 is 2.69 bits per heavy atom. The van der Waals surface area contributed by atoms with Gasteiger partial charge in [0.05, 0.1) is 18.6 Å². The van der Waals surface area contributed by atoms with Gasteiger partial charge in [0, 0.05) is 44.2 Å². The van der Waals surface area contributed by atoms with Crippen LogP contribution in [0.5, 0.6) is 0 Å². The Bertz CT molecular complexity index is 839. The molecule has 29 heavy (non-hydrogen) atoms. The number of fused-ring (bicyclic) bond motifs is 1. The maximum atomic E-state index is 14.0. The second-order valence-electron chi connectivity index (χ2n) is 8.16. The van der Waals surface area contributed by atoms with Gasteiger partial charge in [-0.25, -0.2) is 4.39 Å². The van der Waals surface area contributed by atoms with E-state index in [9.17, 15) is 18.8 Å². The SMILES string of the molecule is Cc1ccc(C(=O)N2CC[C@H]3NC(=O)CC[C@]3(C(=O)N3CCOCC3)C2)cc1F. The van der Waals surface area contributed by atoms with E-state index in [-0.39, 0.29) is 42.3 Å². The highest BCUT2D eigenvalue weighted by Crippen LogP contribution is 2.40. The van der Waals surface area contributed by atoms with Gasteiger partial charge in [-0.3, -0.25) is 14.4 Å². The molecule has 7 nitrogen and oxygen atoms in total. The van der Waals surface area contributed by atoms with E-state index in [1.165, 1.54) is 6.07 Å². The highest BCUT2D eigenvalue weighted by molar-refractivity contribution is 5.95. The van der Waals surface area contributed by atoms with Gasteiger partial charge in [-0.15, -0.1) is 0 Å². The topological polar surface area (TPSA) is 79.0 Å². The van der Waals surface area contributed by atoms with Crippen molar-refractivity contribution in [2.45, 2.75) is 32.2 Å². The maximum Gasteiger partial charge on any atom is 0.253 e. The number of halogens is 1. The van der Waals surface area contributed by atoms with Crippen LogP contribution < -0.4 is 5.32 Å². The van der Waals surface area contributed by atoms with E-state index in [0.29, 0.717) is 51.3 Å². The first-order valence-corrected chi connectivity index (χ1v) is 10.1. The molecule has 3 aliphatic rings. The molecule has 1 N–H and O–H groups in total. The predicted molar refractivity (Wildman–Crippen MR) is 103 cm³/mol. The van der Waals surface area contributed by atoms with Crippen molar-refractivity contribution in [3.8, 4) is 0 Å². The van der Waals surface area contributed by atoms with Gasteiger partial charge in [-0.2, -0.15) is 0 Å². The van der Waals surface area contributed by atoms with Gasteiger partial charge in [0.1, 0.15) is 5.82 Å².